The van der Waals surface area contributed by atoms with Crippen molar-refractivity contribution in [1.82, 2.24) is 0 Å². The third kappa shape index (κ3) is 6.65. The van der Waals surface area contributed by atoms with Crippen LogP contribution in [0.5, 0.6) is 0 Å². The van der Waals surface area contributed by atoms with Crippen molar-refractivity contribution < 1.29 is 94.9 Å². The van der Waals surface area contributed by atoms with E-state index in [0.717, 1.165) is 20.8 Å². The topological polar surface area (TPSA) is 36.9 Å². The van der Waals surface area contributed by atoms with Gasteiger partial charge in [0.2, 0.25) is 0 Å². The molecule has 0 aromatic heterocycles. The van der Waals surface area contributed by atoms with Crippen LogP contribution >= 0.6 is 0 Å². The van der Waals surface area contributed by atoms with Gasteiger partial charge in [0.05, 0.1) is 0 Å². The van der Waals surface area contributed by atoms with Gasteiger partial charge in [-0.1, -0.05) is 0 Å². The minimum absolute atomic E-state index is 0.0790. The Bertz CT molecular complexity index is 1410. The second kappa shape index (κ2) is 13.7. The van der Waals surface area contributed by atoms with Gasteiger partial charge < -0.3 is 0 Å². The van der Waals surface area contributed by atoms with Crippen molar-refractivity contribution in [3.63, 3.8) is 0 Å². The molecule has 0 N–H and O–H groups in total. The summed E-state index contributed by atoms with van der Waals surface area (Å²) in [6.07, 6.45) is 0. The predicted octanol–water partition coefficient (Wildman–Crippen LogP) is 7.36. The Labute approximate surface area is 250 Å². The molecular weight excluding hydrogens is 695 g/mol. The second-order valence-electron chi connectivity index (χ2n) is 8.93. The molecule has 0 amide bonds. The zero-order chi connectivity index (χ0) is 32.5. The van der Waals surface area contributed by atoms with Gasteiger partial charge in [0, 0.05) is 0 Å². The fourth-order valence-electron chi connectivity index (χ4n) is 3.60. The van der Waals surface area contributed by atoms with E-state index in [9.17, 15) is 52.7 Å². The summed E-state index contributed by atoms with van der Waals surface area (Å²) in [5, 5.41) is 0. The van der Waals surface area contributed by atoms with E-state index < -0.39 is 136 Å². The first-order valence-corrected chi connectivity index (χ1v) is 12.7. The van der Waals surface area contributed by atoms with Crippen molar-refractivity contribution in [3.8, 4) is 0 Å². The molecule has 0 saturated heterocycles. The van der Waals surface area contributed by atoms with Crippen LogP contribution in [-0.2, 0) is 62.0 Å². The van der Waals surface area contributed by atoms with Crippen LogP contribution in [0.15, 0.2) is 0 Å². The first-order valence-electron chi connectivity index (χ1n) is 11.7. The van der Waals surface area contributed by atoms with Gasteiger partial charge in [-0.3, -0.25) is 0 Å². The van der Waals surface area contributed by atoms with Crippen LogP contribution in [-0.4, -0.2) is 12.6 Å². The molecular formula is C26H17F12O4Zr. The number of hydrogen-bond donors (Lipinski definition) is 0. The standard InChI is InChI=1S/C26H17F12O4.Zr/c1-8-14(27)20(33)11(21(34)15(8)28)4-40-7-26(39,41-5-12-22(35)16(29)9(2)17(30)23(12)36)42-6-13-24(37)18(31)10(3)19(32)25(13)38;/h4-7H2,1-3H3;/q-1;+1. The molecule has 3 aromatic rings. The average Bonchev–Trinajstić information content (AvgIpc) is 3.00. The van der Waals surface area contributed by atoms with Gasteiger partial charge >= 0.3 is 251 Å². The van der Waals surface area contributed by atoms with Gasteiger partial charge in [-0.25, -0.2) is 0 Å². The molecule has 0 spiro atoms. The van der Waals surface area contributed by atoms with Gasteiger partial charge in [-0.15, -0.1) is 0 Å². The Kier molecular flexibility index (Phi) is 11.1. The minimum atomic E-state index is -2.93. The van der Waals surface area contributed by atoms with E-state index in [4.69, 9.17) is 17.0 Å². The monoisotopic (exact) mass is 711 g/mol. The quantitative estimate of drug-likeness (QED) is 0.118. The van der Waals surface area contributed by atoms with E-state index in [1.54, 1.807) is 0 Å². The molecule has 0 heterocycles. The third-order valence-corrected chi connectivity index (χ3v) is 7.04. The Balaban J connectivity index is 1.99. The van der Waals surface area contributed by atoms with Gasteiger partial charge in [-0.05, 0) is 0 Å². The number of benzene rings is 3. The zero-order valence-electron chi connectivity index (χ0n) is 22.0. The van der Waals surface area contributed by atoms with E-state index >= 15 is 0 Å². The SMILES string of the molecule is Cc1c(F)c(F)c(COCC([O][Zr])(OCc2c(F)c(F)c(C)c(F)c2F)OCc2c(F)c(F)c(C)c(F)c2F)c(F)c1F. The predicted molar refractivity (Wildman–Crippen MR) is 116 cm³/mol. The molecule has 4 nitrogen and oxygen atoms in total. The molecule has 0 atom stereocenters. The fraction of sp³-hybridized carbons (Fsp3) is 0.308. The molecule has 0 aliphatic rings. The molecule has 3 rings (SSSR count). The Morgan fingerprint density at radius 3 is 0.953 bits per heavy atom. The maximum atomic E-state index is 14.4. The zero-order valence-corrected chi connectivity index (χ0v) is 24.5. The fourth-order valence-corrected chi connectivity index (χ4v) is 4.03. The molecule has 0 bridgehead atoms. The van der Waals surface area contributed by atoms with Crippen molar-refractivity contribution in [1.29, 1.82) is 0 Å². The van der Waals surface area contributed by atoms with Crippen LogP contribution in [0, 0.1) is 90.6 Å². The van der Waals surface area contributed by atoms with E-state index in [1.165, 1.54) is 0 Å². The summed E-state index contributed by atoms with van der Waals surface area (Å²) < 4.78 is 191. The van der Waals surface area contributed by atoms with Crippen LogP contribution in [0.3, 0.4) is 0 Å². The summed E-state index contributed by atoms with van der Waals surface area (Å²) in [6, 6.07) is 0. The number of halogens is 12. The number of hydrogen-bond acceptors (Lipinski definition) is 4. The average molecular weight is 713 g/mol. The van der Waals surface area contributed by atoms with Crippen molar-refractivity contribution in [2.75, 3.05) is 6.61 Å². The second-order valence-corrected chi connectivity index (χ2v) is 9.44. The van der Waals surface area contributed by atoms with Crippen molar-refractivity contribution in [2.24, 2.45) is 0 Å². The summed E-state index contributed by atoms with van der Waals surface area (Å²) in [5.74, 6) is -25.1. The Hall–Kier alpha value is -2.46. The van der Waals surface area contributed by atoms with Crippen molar-refractivity contribution >= 4 is 0 Å². The van der Waals surface area contributed by atoms with Gasteiger partial charge in [0.15, 0.2) is 0 Å². The molecule has 0 saturated carbocycles. The number of rotatable bonds is 11. The van der Waals surface area contributed by atoms with Gasteiger partial charge in [0.25, 0.3) is 0 Å². The molecule has 0 unspecified atom stereocenters. The van der Waals surface area contributed by atoms with E-state index in [2.05, 4.69) is 0 Å². The number of ether oxygens (including phenoxy) is 3. The van der Waals surface area contributed by atoms with E-state index in [-0.39, 0.29) is 25.2 Å². The summed E-state index contributed by atoms with van der Waals surface area (Å²) in [5.41, 5.74) is -7.12. The molecule has 0 aliphatic heterocycles. The summed E-state index contributed by atoms with van der Waals surface area (Å²) >= 11 is -0.0790. The molecule has 3 aromatic carbocycles. The van der Waals surface area contributed by atoms with Gasteiger partial charge in [-0.2, -0.15) is 0 Å². The van der Waals surface area contributed by atoms with Crippen LogP contribution in [0.2, 0.25) is 0 Å². The summed E-state index contributed by atoms with van der Waals surface area (Å²) in [6.45, 7) is -3.31. The van der Waals surface area contributed by atoms with Crippen LogP contribution < -0.4 is 0 Å². The Morgan fingerprint density at radius 2 is 0.698 bits per heavy atom. The molecule has 43 heavy (non-hydrogen) atoms. The first kappa shape index (κ1) is 35.0. The molecule has 0 aliphatic carbocycles. The third-order valence-electron chi connectivity index (χ3n) is 6.27. The van der Waals surface area contributed by atoms with Crippen molar-refractivity contribution in [2.45, 2.75) is 46.6 Å². The van der Waals surface area contributed by atoms with Crippen LogP contribution in [0.25, 0.3) is 0 Å². The molecule has 0 radical (unpaired) electrons. The van der Waals surface area contributed by atoms with Gasteiger partial charge in [0.1, 0.15) is 0 Å². The van der Waals surface area contributed by atoms with E-state index in [1.807, 2.05) is 0 Å². The molecule has 17 heteroatoms. The first-order chi connectivity index (χ1) is 20.0. The summed E-state index contributed by atoms with van der Waals surface area (Å²) in [4.78, 5) is 0. The van der Waals surface area contributed by atoms with Crippen LogP contribution in [0.1, 0.15) is 33.4 Å². The van der Waals surface area contributed by atoms with Crippen LogP contribution in [0.4, 0.5) is 52.7 Å². The molecule has 233 valence electrons. The summed E-state index contributed by atoms with van der Waals surface area (Å²) in [7, 11) is 0. The normalized spacial score (nSPS) is 12.0. The molecule has 0 fully saturated rings. The van der Waals surface area contributed by atoms with E-state index in [0.29, 0.717) is 0 Å². The Morgan fingerprint density at radius 1 is 0.442 bits per heavy atom. The van der Waals surface area contributed by atoms with Crippen molar-refractivity contribution in [3.05, 3.63) is 103 Å². The maximum absolute atomic E-state index is 14.4.